The number of hydrogen-bond donors (Lipinski definition) is 1. The molecular weight excluding hydrogens is 307 g/mol. The lowest BCUT2D eigenvalue weighted by molar-refractivity contribution is 0.199. The van der Waals surface area contributed by atoms with Crippen LogP contribution in [0.15, 0.2) is 36.4 Å². The van der Waals surface area contributed by atoms with Crippen molar-refractivity contribution in [2.24, 2.45) is 0 Å². The van der Waals surface area contributed by atoms with E-state index in [1.807, 2.05) is 0 Å². The summed E-state index contributed by atoms with van der Waals surface area (Å²) in [5, 5.41) is 10.8. The van der Waals surface area contributed by atoms with E-state index in [9.17, 15) is 5.11 Å². The van der Waals surface area contributed by atoms with Crippen LogP contribution in [0.3, 0.4) is 0 Å². The first-order valence-corrected chi connectivity index (χ1v) is 6.71. The van der Waals surface area contributed by atoms with Crippen LogP contribution in [0.5, 0.6) is 11.5 Å². The Kier molecular flexibility index (Phi) is 4.58. The van der Waals surface area contributed by atoms with Gasteiger partial charge in [0, 0.05) is 11.1 Å². The van der Waals surface area contributed by atoms with Gasteiger partial charge in [-0.05, 0) is 36.8 Å². The fraction of sp³-hybridized carbons (Fsp3) is 0.143. The van der Waals surface area contributed by atoms with Crippen LogP contribution in [0, 0.1) is 0 Å². The first-order valence-electron chi connectivity index (χ1n) is 5.58. The number of aliphatic hydroxyl groups is 1. The van der Waals surface area contributed by atoms with Crippen LogP contribution >= 0.6 is 34.8 Å². The van der Waals surface area contributed by atoms with Crippen LogP contribution in [0.2, 0.25) is 15.1 Å². The van der Waals surface area contributed by atoms with Gasteiger partial charge in [-0.2, -0.15) is 0 Å². The minimum Gasteiger partial charge on any atom is -0.454 e. The van der Waals surface area contributed by atoms with Crippen molar-refractivity contribution >= 4 is 34.8 Å². The second-order valence-corrected chi connectivity index (χ2v) is 5.29. The molecule has 0 radical (unpaired) electrons. The highest BCUT2D eigenvalue weighted by atomic mass is 35.5. The molecule has 0 saturated carbocycles. The van der Waals surface area contributed by atoms with Crippen molar-refractivity contribution in [2.75, 3.05) is 0 Å². The molecule has 0 heterocycles. The molecule has 0 amide bonds. The van der Waals surface area contributed by atoms with Crippen LogP contribution in [0.25, 0.3) is 0 Å². The third-order valence-electron chi connectivity index (χ3n) is 2.55. The normalized spacial score (nSPS) is 12.3. The zero-order valence-corrected chi connectivity index (χ0v) is 12.3. The van der Waals surface area contributed by atoms with Gasteiger partial charge in [0.15, 0.2) is 0 Å². The van der Waals surface area contributed by atoms with Gasteiger partial charge in [0.2, 0.25) is 0 Å². The van der Waals surface area contributed by atoms with Gasteiger partial charge in [-0.3, -0.25) is 0 Å². The predicted molar refractivity (Wildman–Crippen MR) is 78.6 cm³/mol. The van der Waals surface area contributed by atoms with E-state index >= 15 is 0 Å². The summed E-state index contributed by atoms with van der Waals surface area (Å²) in [6.07, 6.45) is -0.582. The summed E-state index contributed by atoms with van der Waals surface area (Å²) in [7, 11) is 0. The molecule has 0 fully saturated rings. The van der Waals surface area contributed by atoms with E-state index in [1.165, 1.54) is 0 Å². The maximum atomic E-state index is 9.47. The Labute approximate surface area is 126 Å². The lowest BCUT2D eigenvalue weighted by Gasteiger charge is -2.11. The minimum absolute atomic E-state index is 0.398. The number of ether oxygens (including phenoxy) is 1. The molecule has 0 aliphatic rings. The zero-order valence-electron chi connectivity index (χ0n) is 10.0. The first-order chi connectivity index (χ1) is 8.97. The number of rotatable bonds is 3. The second kappa shape index (κ2) is 6.02. The van der Waals surface area contributed by atoms with Crippen LogP contribution < -0.4 is 4.74 Å². The minimum atomic E-state index is -0.582. The summed E-state index contributed by atoms with van der Waals surface area (Å²) in [4.78, 5) is 0. The van der Waals surface area contributed by atoms with Crippen molar-refractivity contribution in [3.05, 3.63) is 57.0 Å². The summed E-state index contributed by atoms with van der Waals surface area (Å²) in [6, 6.07) is 10.0. The summed E-state index contributed by atoms with van der Waals surface area (Å²) in [5.74, 6) is 0.885. The molecule has 2 nitrogen and oxygen atoms in total. The maximum Gasteiger partial charge on any atom is 0.147 e. The van der Waals surface area contributed by atoms with Gasteiger partial charge in [0.05, 0.1) is 16.1 Å². The Hall–Kier alpha value is -0.930. The molecule has 0 aliphatic heterocycles. The van der Waals surface area contributed by atoms with Crippen LogP contribution in [-0.4, -0.2) is 5.11 Å². The number of benzene rings is 2. The molecule has 0 aliphatic carbocycles. The summed E-state index contributed by atoms with van der Waals surface area (Å²) in [5.41, 5.74) is 0.717. The van der Waals surface area contributed by atoms with Crippen LogP contribution in [0.1, 0.15) is 18.6 Å². The molecule has 0 bridgehead atoms. The Morgan fingerprint density at radius 3 is 2.32 bits per heavy atom. The zero-order chi connectivity index (χ0) is 14.0. The molecule has 0 spiro atoms. The van der Waals surface area contributed by atoms with Crippen molar-refractivity contribution < 1.29 is 9.84 Å². The van der Waals surface area contributed by atoms with Crippen molar-refractivity contribution in [3.63, 3.8) is 0 Å². The molecule has 2 aromatic rings. The van der Waals surface area contributed by atoms with Crippen molar-refractivity contribution in [2.45, 2.75) is 13.0 Å². The highest BCUT2D eigenvalue weighted by Crippen LogP contribution is 2.36. The lowest BCUT2D eigenvalue weighted by atomic mass is 10.1. The molecule has 1 atom stereocenters. The smallest absolute Gasteiger partial charge is 0.147 e. The van der Waals surface area contributed by atoms with Gasteiger partial charge < -0.3 is 9.84 Å². The highest BCUT2D eigenvalue weighted by Gasteiger charge is 2.10. The van der Waals surface area contributed by atoms with Gasteiger partial charge in [-0.15, -0.1) is 0 Å². The lowest BCUT2D eigenvalue weighted by Crippen LogP contribution is -1.92. The Balaban J connectivity index is 2.31. The van der Waals surface area contributed by atoms with Crippen molar-refractivity contribution in [1.82, 2.24) is 0 Å². The van der Waals surface area contributed by atoms with Crippen LogP contribution in [-0.2, 0) is 0 Å². The van der Waals surface area contributed by atoms with E-state index in [0.29, 0.717) is 26.6 Å². The topological polar surface area (TPSA) is 29.5 Å². The van der Waals surface area contributed by atoms with E-state index in [4.69, 9.17) is 39.5 Å². The SMILES string of the molecule is C[C@@H](O)c1ccc(Oc2cc(Cl)ccc2Cl)c(Cl)c1. The molecule has 19 heavy (non-hydrogen) atoms. The number of halogens is 3. The third kappa shape index (κ3) is 3.54. The quantitative estimate of drug-likeness (QED) is 0.810. The van der Waals surface area contributed by atoms with Gasteiger partial charge >= 0.3 is 0 Å². The molecule has 0 unspecified atom stereocenters. The Morgan fingerprint density at radius 2 is 1.68 bits per heavy atom. The molecule has 2 aromatic carbocycles. The van der Waals surface area contributed by atoms with Gasteiger partial charge in [0.1, 0.15) is 11.5 Å². The van der Waals surface area contributed by atoms with Crippen LogP contribution in [0.4, 0.5) is 0 Å². The molecule has 1 N–H and O–H groups in total. The van der Waals surface area contributed by atoms with Gasteiger partial charge in [-0.1, -0.05) is 40.9 Å². The maximum absolute atomic E-state index is 9.47. The largest absolute Gasteiger partial charge is 0.454 e. The third-order valence-corrected chi connectivity index (χ3v) is 3.39. The van der Waals surface area contributed by atoms with E-state index in [0.717, 1.165) is 5.56 Å². The Bertz CT molecular complexity index is 597. The monoisotopic (exact) mass is 316 g/mol. The molecule has 5 heteroatoms. The van der Waals surface area contributed by atoms with Gasteiger partial charge in [0.25, 0.3) is 0 Å². The standard InChI is InChI=1S/C14H11Cl3O2/c1-8(18)9-2-5-13(12(17)6-9)19-14-7-10(15)3-4-11(14)16/h2-8,18H,1H3/t8-/m1/s1. The molecule has 100 valence electrons. The van der Waals surface area contributed by atoms with Crippen molar-refractivity contribution in [3.8, 4) is 11.5 Å². The average molecular weight is 318 g/mol. The first kappa shape index (κ1) is 14.5. The van der Waals surface area contributed by atoms with E-state index in [-0.39, 0.29) is 0 Å². The second-order valence-electron chi connectivity index (χ2n) is 4.04. The molecule has 2 rings (SSSR count). The van der Waals surface area contributed by atoms with E-state index < -0.39 is 6.10 Å². The number of hydrogen-bond acceptors (Lipinski definition) is 2. The highest BCUT2D eigenvalue weighted by molar-refractivity contribution is 6.34. The predicted octanol–water partition coefficient (Wildman–Crippen LogP) is 5.49. The average Bonchev–Trinajstić information content (AvgIpc) is 2.36. The van der Waals surface area contributed by atoms with E-state index in [2.05, 4.69) is 0 Å². The number of aliphatic hydroxyl groups excluding tert-OH is 1. The summed E-state index contributed by atoms with van der Waals surface area (Å²) >= 11 is 18.0. The van der Waals surface area contributed by atoms with Gasteiger partial charge in [-0.25, -0.2) is 0 Å². The Morgan fingerprint density at radius 1 is 0.947 bits per heavy atom. The van der Waals surface area contributed by atoms with E-state index in [1.54, 1.807) is 43.3 Å². The fourth-order valence-corrected chi connectivity index (χ4v) is 2.08. The fourth-order valence-electron chi connectivity index (χ4n) is 1.53. The molecule has 0 saturated heterocycles. The summed E-state index contributed by atoms with van der Waals surface area (Å²) < 4.78 is 5.63. The molecular formula is C14H11Cl3O2. The van der Waals surface area contributed by atoms with Crippen molar-refractivity contribution in [1.29, 1.82) is 0 Å². The molecule has 0 aromatic heterocycles. The summed E-state index contributed by atoms with van der Waals surface area (Å²) in [6.45, 7) is 1.67.